The van der Waals surface area contributed by atoms with Crippen molar-refractivity contribution in [3.63, 3.8) is 0 Å². The standard InChI is InChI=1S/C17H15ClN2O5/c1-10-3-5-12(6-4-10)19-16(21)11(2)25-17(22)14-8-7-13(20(23)24)9-15(14)18/h3-9,11H,1-2H3,(H,19,21). The molecule has 1 amide bonds. The number of benzene rings is 2. The second kappa shape index (κ2) is 7.76. The lowest BCUT2D eigenvalue weighted by Crippen LogP contribution is -2.30. The number of ether oxygens (including phenoxy) is 1. The Hall–Kier alpha value is -2.93. The van der Waals surface area contributed by atoms with Crippen molar-refractivity contribution in [2.45, 2.75) is 20.0 Å². The zero-order valence-corrected chi connectivity index (χ0v) is 14.2. The van der Waals surface area contributed by atoms with E-state index in [0.717, 1.165) is 17.7 Å². The number of carbonyl (C=O) groups excluding carboxylic acids is 2. The summed E-state index contributed by atoms with van der Waals surface area (Å²) in [6.45, 7) is 3.34. The SMILES string of the molecule is Cc1ccc(NC(=O)C(C)OC(=O)c2ccc([N+](=O)[O-])cc2Cl)cc1. The Morgan fingerprint density at radius 2 is 1.84 bits per heavy atom. The Labute approximate surface area is 148 Å². The van der Waals surface area contributed by atoms with Gasteiger partial charge in [0.15, 0.2) is 6.10 Å². The largest absolute Gasteiger partial charge is 0.449 e. The highest BCUT2D eigenvalue weighted by Crippen LogP contribution is 2.23. The molecule has 130 valence electrons. The maximum atomic E-state index is 12.1. The fraction of sp³-hybridized carbons (Fsp3) is 0.176. The number of non-ortho nitro benzene ring substituents is 1. The van der Waals surface area contributed by atoms with Crippen LogP contribution < -0.4 is 5.32 Å². The Morgan fingerprint density at radius 1 is 1.20 bits per heavy atom. The van der Waals surface area contributed by atoms with E-state index in [0.29, 0.717) is 5.69 Å². The van der Waals surface area contributed by atoms with E-state index in [-0.39, 0.29) is 16.3 Å². The monoisotopic (exact) mass is 362 g/mol. The van der Waals surface area contributed by atoms with Gasteiger partial charge >= 0.3 is 5.97 Å². The van der Waals surface area contributed by atoms with Gasteiger partial charge in [-0.1, -0.05) is 29.3 Å². The number of hydrogen-bond donors (Lipinski definition) is 1. The molecule has 7 nitrogen and oxygen atoms in total. The molecule has 2 rings (SSSR count). The molecule has 25 heavy (non-hydrogen) atoms. The van der Waals surface area contributed by atoms with Crippen molar-refractivity contribution in [3.05, 3.63) is 68.7 Å². The van der Waals surface area contributed by atoms with Gasteiger partial charge in [-0.15, -0.1) is 0 Å². The van der Waals surface area contributed by atoms with Crippen LogP contribution in [0.3, 0.4) is 0 Å². The van der Waals surface area contributed by atoms with Gasteiger partial charge in [0.1, 0.15) is 0 Å². The Kier molecular flexibility index (Phi) is 5.71. The summed E-state index contributed by atoms with van der Waals surface area (Å²) in [6.07, 6.45) is -1.07. The summed E-state index contributed by atoms with van der Waals surface area (Å²) < 4.78 is 5.07. The quantitative estimate of drug-likeness (QED) is 0.496. The van der Waals surface area contributed by atoms with Crippen LogP contribution in [-0.2, 0) is 9.53 Å². The van der Waals surface area contributed by atoms with Gasteiger partial charge in [0.2, 0.25) is 0 Å². The summed E-state index contributed by atoms with van der Waals surface area (Å²) in [5.41, 5.74) is 1.33. The molecule has 0 aliphatic rings. The molecule has 0 aliphatic heterocycles. The van der Waals surface area contributed by atoms with Gasteiger partial charge in [0.05, 0.1) is 15.5 Å². The lowest BCUT2D eigenvalue weighted by Gasteiger charge is -2.14. The Balaban J connectivity index is 2.02. The molecule has 1 unspecified atom stereocenters. The molecule has 0 radical (unpaired) electrons. The number of esters is 1. The van der Waals surface area contributed by atoms with Crippen LogP contribution in [0.25, 0.3) is 0 Å². The van der Waals surface area contributed by atoms with Crippen molar-refractivity contribution < 1.29 is 19.2 Å². The van der Waals surface area contributed by atoms with E-state index in [2.05, 4.69) is 5.32 Å². The first-order valence-corrected chi connectivity index (χ1v) is 7.68. The molecule has 0 saturated carbocycles. The number of amides is 1. The molecule has 0 spiro atoms. The molecule has 0 heterocycles. The number of anilines is 1. The minimum absolute atomic E-state index is 0.0535. The highest BCUT2D eigenvalue weighted by atomic mass is 35.5. The zero-order chi connectivity index (χ0) is 18.6. The number of nitro benzene ring substituents is 1. The first-order chi connectivity index (χ1) is 11.8. The molecule has 0 aliphatic carbocycles. The summed E-state index contributed by atoms with van der Waals surface area (Å²) in [7, 11) is 0. The van der Waals surface area contributed by atoms with Gasteiger partial charge in [-0.2, -0.15) is 0 Å². The van der Waals surface area contributed by atoms with Gasteiger partial charge in [-0.25, -0.2) is 4.79 Å². The van der Waals surface area contributed by atoms with Crippen LogP contribution in [0, 0.1) is 17.0 Å². The van der Waals surface area contributed by atoms with Crippen LogP contribution in [-0.4, -0.2) is 22.9 Å². The molecular weight excluding hydrogens is 348 g/mol. The molecule has 2 aromatic carbocycles. The van der Waals surface area contributed by atoms with Crippen LogP contribution in [0.5, 0.6) is 0 Å². The van der Waals surface area contributed by atoms with Gasteiger partial charge in [0, 0.05) is 17.8 Å². The Morgan fingerprint density at radius 3 is 2.40 bits per heavy atom. The van der Waals surface area contributed by atoms with Crippen molar-refractivity contribution in [1.82, 2.24) is 0 Å². The number of aryl methyl sites for hydroxylation is 1. The van der Waals surface area contributed by atoms with E-state index < -0.39 is 22.9 Å². The van der Waals surface area contributed by atoms with Crippen molar-refractivity contribution in [2.75, 3.05) is 5.32 Å². The van der Waals surface area contributed by atoms with Crippen LogP contribution in [0.1, 0.15) is 22.8 Å². The van der Waals surface area contributed by atoms with Crippen molar-refractivity contribution in [1.29, 1.82) is 0 Å². The second-order valence-corrected chi connectivity index (χ2v) is 5.73. The van der Waals surface area contributed by atoms with Gasteiger partial charge in [0.25, 0.3) is 11.6 Å². The lowest BCUT2D eigenvalue weighted by atomic mass is 10.2. The third-order valence-electron chi connectivity index (χ3n) is 3.36. The van der Waals surface area contributed by atoms with E-state index in [1.807, 2.05) is 19.1 Å². The number of halogens is 1. The van der Waals surface area contributed by atoms with Crippen LogP contribution >= 0.6 is 11.6 Å². The van der Waals surface area contributed by atoms with E-state index >= 15 is 0 Å². The summed E-state index contributed by atoms with van der Waals surface area (Å²) in [4.78, 5) is 34.2. The fourth-order valence-corrected chi connectivity index (χ4v) is 2.19. The minimum Gasteiger partial charge on any atom is -0.449 e. The Bertz CT molecular complexity index is 820. The average molecular weight is 363 g/mol. The molecule has 1 N–H and O–H groups in total. The summed E-state index contributed by atoms with van der Waals surface area (Å²) in [5.74, 6) is -1.35. The first-order valence-electron chi connectivity index (χ1n) is 7.30. The molecular formula is C17H15ClN2O5. The number of nitro groups is 1. The van der Waals surface area contributed by atoms with Crippen LogP contribution in [0.2, 0.25) is 5.02 Å². The third-order valence-corrected chi connectivity index (χ3v) is 3.67. The molecule has 2 aromatic rings. The average Bonchev–Trinajstić information content (AvgIpc) is 2.56. The van der Waals surface area contributed by atoms with Crippen molar-refractivity contribution >= 4 is 34.9 Å². The molecule has 0 bridgehead atoms. The molecule has 0 saturated heterocycles. The van der Waals surface area contributed by atoms with E-state index in [1.165, 1.54) is 13.0 Å². The maximum Gasteiger partial charge on any atom is 0.340 e. The summed E-state index contributed by atoms with van der Waals surface area (Å²) in [6, 6.07) is 10.5. The smallest absolute Gasteiger partial charge is 0.340 e. The first kappa shape index (κ1) is 18.4. The number of rotatable bonds is 5. The maximum absolute atomic E-state index is 12.1. The third kappa shape index (κ3) is 4.77. The van der Waals surface area contributed by atoms with Crippen LogP contribution in [0.15, 0.2) is 42.5 Å². The summed E-state index contributed by atoms with van der Waals surface area (Å²) >= 11 is 5.87. The minimum atomic E-state index is -1.07. The highest BCUT2D eigenvalue weighted by molar-refractivity contribution is 6.33. The lowest BCUT2D eigenvalue weighted by molar-refractivity contribution is -0.384. The predicted octanol–water partition coefficient (Wildman–Crippen LogP) is 3.74. The number of nitrogens with zero attached hydrogens (tertiary/aromatic N) is 1. The highest BCUT2D eigenvalue weighted by Gasteiger charge is 2.22. The normalized spacial score (nSPS) is 11.5. The van der Waals surface area contributed by atoms with Crippen molar-refractivity contribution in [2.24, 2.45) is 0 Å². The topological polar surface area (TPSA) is 98.5 Å². The second-order valence-electron chi connectivity index (χ2n) is 5.32. The number of carbonyl (C=O) groups is 2. The predicted molar refractivity (Wildman–Crippen MR) is 92.8 cm³/mol. The molecule has 1 atom stereocenters. The molecule has 0 aromatic heterocycles. The fourth-order valence-electron chi connectivity index (χ4n) is 1.94. The van der Waals surface area contributed by atoms with E-state index in [9.17, 15) is 19.7 Å². The number of hydrogen-bond acceptors (Lipinski definition) is 5. The molecule has 0 fully saturated rings. The summed E-state index contributed by atoms with van der Waals surface area (Å²) in [5, 5.41) is 13.2. The van der Waals surface area contributed by atoms with Crippen molar-refractivity contribution in [3.8, 4) is 0 Å². The zero-order valence-electron chi connectivity index (χ0n) is 13.5. The molecule has 8 heteroatoms. The van der Waals surface area contributed by atoms with Gasteiger partial charge in [-0.05, 0) is 32.0 Å². The van der Waals surface area contributed by atoms with Gasteiger partial charge in [-0.3, -0.25) is 14.9 Å². The van der Waals surface area contributed by atoms with E-state index in [1.54, 1.807) is 12.1 Å². The van der Waals surface area contributed by atoms with Crippen LogP contribution in [0.4, 0.5) is 11.4 Å². The van der Waals surface area contributed by atoms with E-state index in [4.69, 9.17) is 16.3 Å². The van der Waals surface area contributed by atoms with Gasteiger partial charge < -0.3 is 10.1 Å². The number of nitrogens with one attached hydrogen (secondary N) is 1.